The molecule has 0 amide bonds. The zero-order valence-electron chi connectivity index (χ0n) is 36.9. The van der Waals surface area contributed by atoms with Crippen molar-refractivity contribution in [2.24, 2.45) is 23.7 Å². The summed E-state index contributed by atoms with van der Waals surface area (Å²) in [6.07, 6.45) is 6.48. The minimum atomic E-state index is 0. The number of hydrogen-bond acceptors (Lipinski definition) is 7. The van der Waals surface area contributed by atoms with E-state index in [0.29, 0.717) is 57.2 Å². The molecule has 4 aromatic rings. The Balaban J connectivity index is 0.000000400. The Labute approximate surface area is 390 Å². The molecule has 0 heterocycles. The van der Waals surface area contributed by atoms with Crippen LogP contribution in [0.4, 0.5) is 0 Å². The molecule has 0 aliphatic rings. The topological polar surface area (TPSA) is 27.7 Å². The van der Waals surface area contributed by atoms with E-state index in [4.69, 9.17) is 64.7 Å². The third-order valence-electron chi connectivity index (χ3n) is 9.64. The molecule has 4 rings (SSSR count). The Hall–Kier alpha value is -2.87. The van der Waals surface area contributed by atoms with Crippen molar-refractivity contribution in [1.82, 2.24) is 0 Å². The Kier molecular flexibility index (Phi) is 24.1. The smallest absolute Gasteiger partial charge is 0.125 e. The first-order valence-corrected chi connectivity index (χ1v) is 22.7. The molecule has 0 unspecified atom stereocenters. The van der Waals surface area contributed by atoms with Gasteiger partial charge in [-0.15, -0.1) is 0 Å². The van der Waals surface area contributed by atoms with Crippen molar-refractivity contribution in [2.45, 2.75) is 108 Å². The van der Waals surface area contributed by atoms with Gasteiger partial charge in [0.25, 0.3) is 0 Å². The molecule has 0 spiro atoms. The van der Waals surface area contributed by atoms with Gasteiger partial charge in [-0.25, -0.2) is 0 Å². The van der Waals surface area contributed by atoms with Crippen molar-refractivity contribution in [3.63, 3.8) is 0 Å². The van der Waals surface area contributed by atoms with Crippen molar-refractivity contribution in [3.05, 3.63) is 124 Å². The second kappa shape index (κ2) is 27.2. The molecule has 0 saturated heterocycles. The Morgan fingerprint density at radius 3 is 1.27 bits per heavy atom. The van der Waals surface area contributed by atoms with Gasteiger partial charge in [0.2, 0.25) is 0 Å². The Bertz CT molecular complexity index is 1760. The van der Waals surface area contributed by atoms with E-state index < -0.39 is 0 Å². The summed E-state index contributed by atoms with van der Waals surface area (Å²) < 4.78 is 18.1. The average molecular weight is 914 g/mol. The molecule has 0 bridgehead atoms. The molecule has 0 aliphatic carbocycles. The fraction of sp³-hybridized carbons (Fsp3) is 0.451. The maximum Gasteiger partial charge on any atom is 0.125 e. The largest absolute Gasteiger partial charge is 0.780 e. The maximum absolute atomic E-state index is 6.12. The van der Waals surface area contributed by atoms with E-state index in [2.05, 4.69) is 124 Å². The second-order valence-electron chi connectivity index (χ2n) is 16.9. The summed E-state index contributed by atoms with van der Waals surface area (Å²) in [5, 5.41) is 0. The summed E-state index contributed by atoms with van der Waals surface area (Å²) in [4.78, 5) is 2.70. The van der Waals surface area contributed by atoms with Crippen LogP contribution in [0.15, 0.2) is 84.9 Å². The molecule has 8 heteroatoms. The van der Waals surface area contributed by atoms with Crippen molar-refractivity contribution in [3.8, 4) is 17.2 Å². The van der Waals surface area contributed by atoms with Crippen molar-refractivity contribution in [2.75, 3.05) is 19.8 Å². The van der Waals surface area contributed by atoms with Crippen LogP contribution in [-0.2, 0) is 73.4 Å². The molecule has 3 nitrogen and oxygen atoms in total. The fourth-order valence-corrected chi connectivity index (χ4v) is 6.84. The van der Waals surface area contributed by atoms with Gasteiger partial charge >= 0.3 is 0 Å². The zero-order valence-corrected chi connectivity index (χ0v) is 41.2. The van der Waals surface area contributed by atoms with Crippen LogP contribution in [0.1, 0.15) is 126 Å². The standard InChI is InChI=1S/C26H36OS2.C25H34O2S2.Ni/c1-18(2)7-6-8-21-11-14-24(27-16-15-19(3)4)23(17-21)26(29)25(28)22-12-9-20(5)10-13-22;1-17(2)12-14-26-21-10-11-23(27-15-13-18(3)4)22(16-21)25(29)24(28)20-8-6-19(5)7-9-20;/h9-14,17-19,28-29H,6-8,15-16H2,1-5H3;6-11,16-18,28-29H,12-15H2,1-5H3;/p-4/b26-25-;25-24-;. The Morgan fingerprint density at radius 1 is 0.458 bits per heavy atom. The van der Waals surface area contributed by atoms with Crippen molar-refractivity contribution in [1.29, 1.82) is 0 Å². The molecular weight excluding hydrogens is 848 g/mol. The fourth-order valence-electron chi connectivity index (χ4n) is 5.79. The van der Waals surface area contributed by atoms with Gasteiger partial charge < -0.3 is 64.7 Å². The molecule has 4 aromatic carbocycles. The van der Waals surface area contributed by atoms with Crippen LogP contribution in [0, 0.1) is 37.5 Å². The van der Waals surface area contributed by atoms with Crippen LogP contribution in [0.25, 0.3) is 19.6 Å². The third-order valence-corrected chi connectivity index (χ3v) is 11.6. The summed E-state index contributed by atoms with van der Waals surface area (Å²) in [5.41, 5.74) is 7.44. The molecule has 0 aliphatic heterocycles. The number of benzene rings is 4. The average Bonchev–Trinajstić information content (AvgIpc) is 3.18. The molecule has 326 valence electrons. The van der Waals surface area contributed by atoms with E-state index in [0.717, 1.165) is 71.1 Å². The quantitative estimate of drug-likeness (QED) is 0.0495. The van der Waals surface area contributed by atoms with Gasteiger partial charge in [-0.1, -0.05) is 128 Å². The monoisotopic (exact) mass is 912 g/mol. The van der Waals surface area contributed by atoms with Crippen molar-refractivity contribution < 1.29 is 30.7 Å². The van der Waals surface area contributed by atoms with Crippen LogP contribution >= 0.6 is 0 Å². The Morgan fingerprint density at radius 2 is 0.847 bits per heavy atom. The first-order valence-electron chi connectivity index (χ1n) is 21.0. The van der Waals surface area contributed by atoms with Crippen LogP contribution in [0.2, 0.25) is 0 Å². The minimum absolute atomic E-state index is 0. The molecule has 59 heavy (non-hydrogen) atoms. The number of rotatable bonds is 20. The SMILES string of the molecule is Cc1ccc(/C([S-])=C(/[S-])c2cc(CCCC(C)C)ccc2OCCC(C)C)cc1.Cc1ccc(/C([S-])=C(/[S-])c2cc(OCCC(C)C)ccc2OCCC(C)C)cc1.[Ni]. The molecule has 0 N–H and O–H groups in total. The predicted molar refractivity (Wildman–Crippen MR) is 261 cm³/mol. The molecule has 0 saturated carbocycles. The van der Waals surface area contributed by atoms with E-state index in [9.17, 15) is 0 Å². The van der Waals surface area contributed by atoms with Crippen LogP contribution in [0.5, 0.6) is 17.2 Å². The predicted octanol–water partition coefficient (Wildman–Crippen LogP) is 14.1. The summed E-state index contributed by atoms with van der Waals surface area (Å²) in [6, 6.07) is 28.7. The summed E-state index contributed by atoms with van der Waals surface area (Å²) in [7, 11) is 0. The normalized spacial score (nSPS) is 12.1. The van der Waals surface area contributed by atoms with Gasteiger partial charge in [0.1, 0.15) is 17.2 Å². The maximum atomic E-state index is 6.12. The van der Waals surface area contributed by atoms with Crippen LogP contribution in [0.3, 0.4) is 0 Å². The number of aryl methyl sites for hydroxylation is 3. The van der Waals surface area contributed by atoms with Crippen LogP contribution < -0.4 is 14.2 Å². The summed E-state index contributed by atoms with van der Waals surface area (Å²) >= 11 is 23.1. The second-order valence-corrected chi connectivity index (χ2v) is 18.5. The molecular formula is C51H66NiO3S4-4. The number of ether oxygens (including phenoxy) is 3. The molecule has 0 aromatic heterocycles. The van der Waals surface area contributed by atoms with Gasteiger partial charge in [-0.2, -0.15) is 19.6 Å². The van der Waals surface area contributed by atoms with Gasteiger partial charge in [-0.3, -0.25) is 0 Å². The van der Waals surface area contributed by atoms with E-state index in [1.165, 1.54) is 29.5 Å². The van der Waals surface area contributed by atoms with Crippen molar-refractivity contribution >= 4 is 70.1 Å². The van der Waals surface area contributed by atoms with E-state index in [1.807, 2.05) is 30.3 Å². The minimum Gasteiger partial charge on any atom is -0.780 e. The van der Waals surface area contributed by atoms with Crippen LogP contribution in [-0.4, -0.2) is 19.8 Å². The van der Waals surface area contributed by atoms with Gasteiger partial charge in [-0.05, 0) is 128 Å². The summed E-state index contributed by atoms with van der Waals surface area (Å²) in [5.74, 6) is 4.92. The first kappa shape index (κ1) is 52.3. The molecule has 0 atom stereocenters. The van der Waals surface area contributed by atoms with E-state index in [1.54, 1.807) is 0 Å². The molecule has 0 fully saturated rings. The van der Waals surface area contributed by atoms with E-state index in [-0.39, 0.29) is 16.5 Å². The van der Waals surface area contributed by atoms with Gasteiger partial charge in [0.15, 0.2) is 0 Å². The summed E-state index contributed by atoms with van der Waals surface area (Å²) in [6.45, 7) is 23.9. The first-order chi connectivity index (χ1) is 27.5. The van der Waals surface area contributed by atoms with E-state index >= 15 is 0 Å². The van der Waals surface area contributed by atoms with Gasteiger partial charge in [0, 0.05) is 16.5 Å². The molecule has 0 radical (unpaired) electrons. The number of hydrogen-bond donors (Lipinski definition) is 0. The zero-order chi connectivity index (χ0) is 42.8. The third kappa shape index (κ3) is 18.7. The van der Waals surface area contributed by atoms with Gasteiger partial charge in [0.05, 0.1) is 19.8 Å².